The minimum Gasteiger partial charge on any atom is -0.334 e. The Morgan fingerprint density at radius 3 is 2.36 bits per heavy atom. The number of hydroxylamine groups is 1. The molecule has 1 aliphatic rings. The van der Waals surface area contributed by atoms with Gasteiger partial charge in [-0.2, -0.15) is 0 Å². The maximum Gasteiger partial charge on any atom is 0.272 e. The maximum atomic E-state index is 11.2. The largest absolute Gasteiger partial charge is 0.334 e. The lowest BCUT2D eigenvalue weighted by molar-refractivity contribution is -0.126. The van der Waals surface area contributed by atoms with Crippen molar-refractivity contribution in [3.8, 4) is 0 Å². The SMILES string of the molecule is CC1=C(NO)C(=O)N(C)C1C. The molecular formula is C7H12N2O2. The third kappa shape index (κ3) is 0.991. The van der Waals surface area contributed by atoms with Gasteiger partial charge in [0.15, 0.2) is 0 Å². The van der Waals surface area contributed by atoms with Crippen molar-refractivity contribution in [3.63, 3.8) is 0 Å². The molecule has 11 heavy (non-hydrogen) atoms. The summed E-state index contributed by atoms with van der Waals surface area (Å²) in [6.45, 7) is 3.74. The molecule has 0 aromatic heterocycles. The predicted molar refractivity (Wildman–Crippen MR) is 39.9 cm³/mol. The molecule has 62 valence electrons. The van der Waals surface area contributed by atoms with Crippen LogP contribution < -0.4 is 5.48 Å². The van der Waals surface area contributed by atoms with Gasteiger partial charge in [0.25, 0.3) is 5.91 Å². The van der Waals surface area contributed by atoms with Crippen molar-refractivity contribution in [3.05, 3.63) is 11.3 Å². The molecule has 0 saturated heterocycles. The van der Waals surface area contributed by atoms with Gasteiger partial charge in [-0.25, -0.2) is 0 Å². The number of rotatable bonds is 1. The van der Waals surface area contributed by atoms with Crippen LogP contribution in [0.5, 0.6) is 0 Å². The van der Waals surface area contributed by atoms with Crippen LogP contribution in [0.25, 0.3) is 0 Å². The molecule has 1 aliphatic heterocycles. The molecule has 0 aromatic rings. The first-order valence-corrected chi connectivity index (χ1v) is 3.47. The monoisotopic (exact) mass is 156 g/mol. The fourth-order valence-corrected chi connectivity index (χ4v) is 1.16. The Labute approximate surface area is 65.5 Å². The van der Waals surface area contributed by atoms with Gasteiger partial charge in [-0.3, -0.25) is 15.5 Å². The summed E-state index contributed by atoms with van der Waals surface area (Å²) >= 11 is 0. The normalized spacial score (nSPS) is 24.9. The average molecular weight is 156 g/mol. The summed E-state index contributed by atoms with van der Waals surface area (Å²) in [4.78, 5) is 12.8. The standard InChI is InChI=1S/C7H12N2O2/c1-4-5(2)9(3)7(10)6(4)8-11/h5,8,11H,1-3H3. The highest BCUT2D eigenvalue weighted by Crippen LogP contribution is 2.21. The number of carbonyl (C=O) groups is 1. The van der Waals surface area contributed by atoms with E-state index in [0.717, 1.165) is 5.57 Å². The Kier molecular flexibility index (Phi) is 1.87. The quantitative estimate of drug-likeness (QED) is 0.529. The smallest absolute Gasteiger partial charge is 0.272 e. The average Bonchev–Trinajstić information content (AvgIpc) is 2.17. The van der Waals surface area contributed by atoms with Gasteiger partial charge in [-0.15, -0.1) is 0 Å². The minimum absolute atomic E-state index is 0.0807. The third-order valence-electron chi connectivity index (χ3n) is 2.25. The minimum atomic E-state index is -0.155. The van der Waals surface area contributed by atoms with Crippen LogP contribution in [-0.4, -0.2) is 29.1 Å². The Bertz CT molecular complexity index is 222. The van der Waals surface area contributed by atoms with Crippen molar-refractivity contribution < 1.29 is 10.0 Å². The second kappa shape index (κ2) is 2.54. The molecule has 0 radical (unpaired) electrons. The van der Waals surface area contributed by atoms with Crippen molar-refractivity contribution in [1.82, 2.24) is 10.4 Å². The first-order chi connectivity index (χ1) is 5.09. The summed E-state index contributed by atoms with van der Waals surface area (Å²) in [6.07, 6.45) is 0. The summed E-state index contributed by atoms with van der Waals surface area (Å²) in [7, 11) is 1.71. The highest BCUT2D eigenvalue weighted by Gasteiger charge is 2.30. The summed E-state index contributed by atoms with van der Waals surface area (Å²) < 4.78 is 0. The van der Waals surface area contributed by atoms with Crippen LogP contribution in [-0.2, 0) is 4.79 Å². The number of nitrogens with one attached hydrogen (secondary N) is 1. The summed E-state index contributed by atoms with van der Waals surface area (Å²) in [6, 6.07) is 0.0807. The van der Waals surface area contributed by atoms with E-state index in [1.54, 1.807) is 11.9 Å². The van der Waals surface area contributed by atoms with Gasteiger partial charge in [0.1, 0.15) is 5.70 Å². The van der Waals surface area contributed by atoms with E-state index in [-0.39, 0.29) is 11.9 Å². The molecule has 1 amide bonds. The van der Waals surface area contributed by atoms with Gasteiger partial charge in [0.05, 0.1) is 6.04 Å². The highest BCUT2D eigenvalue weighted by molar-refractivity contribution is 5.96. The van der Waals surface area contributed by atoms with E-state index < -0.39 is 0 Å². The topological polar surface area (TPSA) is 52.6 Å². The maximum absolute atomic E-state index is 11.2. The number of hydrogen-bond acceptors (Lipinski definition) is 3. The molecule has 0 bridgehead atoms. The van der Waals surface area contributed by atoms with E-state index in [1.807, 2.05) is 19.3 Å². The molecule has 4 heteroatoms. The number of nitrogens with zero attached hydrogens (tertiary/aromatic N) is 1. The summed E-state index contributed by atoms with van der Waals surface area (Å²) in [5, 5.41) is 8.59. The zero-order chi connectivity index (χ0) is 8.59. The Balaban J connectivity index is 2.98. The number of likely N-dealkylation sites (N-methyl/N-ethyl adjacent to an activating group) is 1. The van der Waals surface area contributed by atoms with Crippen LogP contribution in [0.2, 0.25) is 0 Å². The van der Waals surface area contributed by atoms with E-state index in [0.29, 0.717) is 5.70 Å². The van der Waals surface area contributed by atoms with Gasteiger partial charge in [0, 0.05) is 7.05 Å². The summed E-state index contributed by atoms with van der Waals surface area (Å²) in [5.41, 5.74) is 3.09. The second-order valence-corrected chi connectivity index (χ2v) is 2.76. The molecule has 0 saturated carbocycles. The van der Waals surface area contributed by atoms with Gasteiger partial charge in [-0.05, 0) is 19.4 Å². The van der Waals surface area contributed by atoms with E-state index in [2.05, 4.69) is 0 Å². The van der Waals surface area contributed by atoms with Gasteiger partial charge >= 0.3 is 0 Å². The van der Waals surface area contributed by atoms with Gasteiger partial charge < -0.3 is 4.90 Å². The van der Waals surface area contributed by atoms with Crippen LogP contribution in [0.15, 0.2) is 11.3 Å². The zero-order valence-corrected chi connectivity index (χ0v) is 6.88. The predicted octanol–water partition coefficient (Wildman–Crippen LogP) is 0.0997. The van der Waals surface area contributed by atoms with Crippen molar-refractivity contribution in [2.75, 3.05) is 7.05 Å². The van der Waals surface area contributed by atoms with Crippen LogP contribution in [0, 0.1) is 0 Å². The zero-order valence-electron chi connectivity index (χ0n) is 6.88. The first-order valence-electron chi connectivity index (χ1n) is 3.47. The molecule has 1 atom stereocenters. The second-order valence-electron chi connectivity index (χ2n) is 2.76. The molecular weight excluding hydrogens is 144 g/mol. The van der Waals surface area contributed by atoms with Crippen LogP contribution in [0.4, 0.5) is 0 Å². The van der Waals surface area contributed by atoms with Gasteiger partial charge in [0.2, 0.25) is 0 Å². The van der Waals surface area contributed by atoms with E-state index in [1.165, 1.54) is 0 Å². The fraction of sp³-hybridized carbons (Fsp3) is 0.571. The van der Waals surface area contributed by atoms with E-state index in [4.69, 9.17) is 5.21 Å². The molecule has 1 unspecified atom stereocenters. The van der Waals surface area contributed by atoms with E-state index >= 15 is 0 Å². The Morgan fingerprint density at radius 1 is 1.64 bits per heavy atom. The first kappa shape index (κ1) is 8.07. The molecule has 4 nitrogen and oxygen atoms in total. The lowest BCUT2D eigenvalue weighted by Crippen LogP contribution is -2.30. The molecule has 1 heterocycles. The van der Waals surface area contributed by atoms with Crippen molar-refractivity contribution in [2.45, 2.75) is 19.9 Å². The molecule has 0 aliphatic carbocycles. The Morgan fingerprint density at radius 2 is 2.18 bits per heavy atom. The number of hydrogen-bond donors (Lipinski definition) is 2. The molecule has 0 spiro atoms. The van der Waals surface area contributed by atoms with Crippen molar-refractivity contribution in [2.24, 2.45) is 0 Å². The van der Waals surface area contributed by atoms with Crippen LogP contribution >= 0.6 is 0 Å². The third-order valence-corrected chi connectivity index (χ3v) is 2.25. The summed E-state index contributed by atoms with van der Waals surface area (Å²) in [5.74, 6) is -0.155. The lowest BCUT2D eigenvalue weighted by atomic mass is 10.2. The number of amides is 1. The van der Waals surface area contributed by atoms with Crippen LogP contribution in [0.1, 0.15) is 13.8 Å². The number of carbonyl (C=O) groups excluding carboxylic acids is 1. The molecule has 0 fully saturated rings. The lowest BCUT2D eigenvalue weighted by Gasteiger charge is -2.15. The van der Waals surface area contributed by atoms with E-state index in [9.17, 15) is 4.79 Å². The fourth-order valence-electron chi connectivity index (χ4n) is 1.16. The van der Waals surface area contributed by atoms with Gasteiger partial charge in [-0.1, -0.05) is 0 Å². The molecule has 0 aromatic carbocycles. The van der Waals surface area contributed by atoms with Crippen molar-refractivity contribution in [1.29, 1.82) is 0 Å². The Hall–Kier alpha value is -1.03. The molecule has 1 rings (SSSR count). The molecule has 2 N–H and O–H groups in total. The van der Waals surface area contributed by atoms with Crippen LogP contribution in [0.3, 0.4) is 0 Å². The van der Waals surface area contributed by atoms with Crippen molar-refractivity contribution >= 4 is 5.91 Å². The highest BCUT2D eigenvalue weighted by atomic mass is 16.5.